The number of halogens is 1. The SMILES string of the molecule is CC1Cc2cc(NSc3ccc(Br)s3)ccc2NC(=S)O1. The molecule has 0 bridgehead atoms. The molecule has 7 heteroatoms. The maximum absolute atomic E-state index is 5.56. The highest BCUT2D eigenvalue weighted by molar-refractivity contribution is 9.11. The zero-order valence-electron chi connectivity index (χ0n) is 11.2. The van der Waals surface area contributed by atoms with Gasteiger partial charge in [0.2, 0.25) is 0 Å². The van der Waals surface area contributed by atoms with Crippen LogP contribution < -0.4 is 10.0 Å². The van der Waals surface area contributed by atoms with Gasteiger partial charge < -0.3 is 14.8 Å². The Hall–Kier alpha value is -0.760. The Bertz CT molecular complexity index is 674. The molecule has 0 fully saturated rings. The fourth-order valence-corrected chi connectivity index (χ4v) is 4.84. The van der Waals surface area contributed by atoms with Crippen LogP contribution in [0.5, 0.6) is 0 Å². The number of benzene rings is 1. The standard InChI is InChI=1S/C14H13BrN2OS3/c1-8-6-9-7-10(2-3-11(9)16-14(19)18-8)17-21-13-5-4-12(15)20-13/h2-5,7-8,17H,6H2,1H3,(H,16,19). The monoisotopic (exact) mass is 400 g/mol. The first kappa shape index (κ1) is 15.1. The highest BCUT2D eigenvalue weighted by Gasteiger charge is 2.17. The first-order valence-electron chi connectivity index (χ1n) is 6.39. The van der Waals surface area contributed by atoms with Gasteiger partial charge in [-0.25, -0.2) is 0 Å². The van der Waals surface area contributed by atoms with E-state index in [1.54, 1.807) is 23.3 Å². The number of nitrogens with one attached hydrogen (secondary N) is 2. The van der Waals surface area contributed by atoms with Gasteiger partial charge in [-0.3, -0.25) is 0 Å². The van der Waals surface area contributed by atoms with E-state index in [1.807, 2.05) is 19.1 Å². The summed E-state index contributed by atoms with van der Waals surface area (Å²) in [7, 11) is 0. The van der Waals surface area contributed by atoms with Crippen molar-refractivity contribution in [3.8, 4) is 0 Å². The number of thiophene rings is 1. The zero-order valence-corrected chi connectivity index (χ0v) is 15.2. The van der Waals surface area contributed by atoms with E-state index in [0.29, 0.717) is 5.17 Å². The summed E-state index contributed by atoms with van der Waals surface area (Å²) >= 11 is 11.9. The molecular formula is C14H13BrN2OS3. The lowest BCUT2D eigenvalue weighted by atomic mass is 10.1. The van der Waals surface area contributed by atoms with Crippen LogP contribution in [-0.4, -0.2) is 11.3 Å². The fraction of sp³-hybridized carbons (Fsp3) is 0.214. The number of anilines is 2. The van der Waals surface area contributed by atoms with Crippen LogP contribution in [-0.2, 0) is 11.2 Å². The van der Waals surface area contributed by atoms with E-state index in [9.17, 15) is 0 Å². The van der Waals surface area contributed by atoms with E-state index in [4.69, 9.17) is 17.0 Å². The van der Waals surface area contributed by atoms with Crippen molar-refractivity contribution in [2.75, 3.05) is 10.0 Å². The number of ether oxygens (including phenoxy) is 1. The molecule has 1 aliphatic rings. The van der Waals surface area contributed by atoms with Crippen molar-refractivity contribution in [2.45, 2.75) is 23.7 Å². The molecule has 3 nitrogen and oxygen atoms in total. The third kappa shape index (κ3) is 3.91. The van der Waals surface area contributed by atoms with E-state index in [0.717, 1.165) is 21.6 Å². The average molecular weight is 401 g/mol. The van der Waals surface area contributed by atoms with Crippen LogP contribution in [0.4, 0.5) is 11.4 Å². The lowest BCUT2D eigenvalue weighted by Crippen LogP contribution is -2.16. The van der Waals surface area contributed by atoms with Gasteiger partial charge in [0, 0.05) is 17.8 Å². The van der Waals surface area contributed by atoms with Crippen molar-refractivity contribution >= 4 is 68.0 Å². The van der Waals surface area contributed by atoms with Gasteiger partial charge in [-0.1, -0.05) is 0 Å². The molecule has 2 N–H and O–H groups in total. The number of hydrogen-bond acceptors (Lipinski definition) is 5. The molecule has 1 aromatic carbocycles. The van der Waals surface area contributed by atoms with Crippen LogP contribution in [0.1, 0.15) is 12.5 Å². The van der Waals surface area contributed by atoms with E-state index < -0.39 is 0 Å². The molecule has 1 atom stereocenters. The van der Waals surface area contributed by atoms with Crippen LogP contribution in [0, 0.1) is 0 Å². The van der Waals surface area contributed by atoms with Gasteiger partial charge in [-0.05, 0) is 82.9 Å². The van der Waals surface area contributed by atoms with Crippen molar-refractivity contribution in [1.82, 2.24) is 0 Å². The first-order chi connectivity index (χ1) is 10.1. The Morgan fingerprint density at radius 2 is 2.29 bits per heavy atom. The summed E-state index contributed by atoms with van der Waals surface area (Å²) in [6, 6.07) is 10.4. The first-order valence-corrected chi connectivity index (χ1v) is 9.22. The fourth-order valence-electron chi connectivity index (χ4n) is 2.08. The zero-order chi connectivity index (χ0) is 14.8. The predicted octanol–water partition coefficient (Wildman–Crippen LogP) is 5.29. The highest BCUT2D eigenvalue weighted by atomic mass is 79.9. The molecule has 2 heterocycles. The predicted molar refractivity (Wildman–Crippen MR) is 98.4 cm³/mol. The lowest BCUT2D eigenvalue weighted by molar-refractivity contribution is 0.217. The van der Waals surface area contributed by atoms with E-state index in [-0.39, 0.29) is 6.10 Å². The van der Waals surface area contributed by atoms with Gasteiger partial charge in [-0.15, -0.1) is 11.3 Å². The summed E-state index contributed by atoms with van der Waals surface area (Å²) in [6.45, 7) is 2.03. The molecule has 2 aromatic rings. The maximum atomic E-state index is 5.56. The Labute approximate surface area is 145 Å². The third-order valence-electron chi connectivity index (χ3n) is 2.98. The summed E-state index contributed by atoms with van der Waals surface area (Å²) in [4.78, 5) is 0. The molecule has 1 aliphatic heterocycles. The minimum Gasteiger partial charge on any atom is -0.467 e. The van der Waals surface area contributed by atoms with E-state index in [2.05, 4.69) is 44.2 Å². The lowest BCUT2D eigenvalue weighted by Gasteiger charge is -2.10. The molecular weight excluding hydrogens is 388 g/mol. The molecule has 3 rings (SSSR count). The van der Waals surface area contributed by atoms with Crippen LogP contribution >= 0.6 is 51.4 Å². The van der Waals surface area contributed by atoms with E-state index in [1.165, 1.54) is 9.77 Å². The van der Waals surface area contributed by atoms with Gasteiger partial charge in [-0.2, -0.15) is 0 Å². The summed E-state index contributed by atoms with van der Waals surface area (Å²) in [5.74, 6) is 0. The van der Waals surface area contributed by atoms with Gasteiger partial charge in [0.15, 0.2) is 0 Å². The molecule has 1 unspecified atom stereocenters. The maximum Gasteiger partial charge on any atom is 0.261 e. The van der Waals surface area contributed by atoms with Gasteiger partial charge in [0.25, 0.3) is 5.17 Å². The Morgan fingerprint density at radius 3 is 3.05 bits per heavy atom. The Kier molecular flexibility index (Phi) is 4.73. The van der Waals surface area contributed by atoms with Crippen molar-refractivity contribution in [1.29, 1.82) is 0 Å². The number of thiocarbonyl (C=S) groups is 1. The number of rotatable bonds is 3. The molecule has 0 saturated heterocycles. The molecule has 0 amide bonds. The largest absolute Gasteiger partial charge is 0.467 e. The molecule has 110 valence electrons. The molecule has 0 saturated carbocycles. The normalized spacial score (nSPS) is 17.4. The molecule has 21 heavy (non-hydrogen) atoms. The van der Waals surface area contributed by atoms with Crippen molar-refractivity contribution < 1.29 is 4.74 Å². The second-order valence-electron chi connectivity index (χ2n) is 4.68. The average Bonchev–Trinajstić information content (AvgIpc) is 2.77. The van der Waals surface area contributed by atoms with Crippen molar-refractivity contribution in [3.05, 3.63) is 39.7 Å². The van der Waals surface area contributed by atoms with Crippen LogP contribution in [0.3, 0.4) is 0 Å². The smallest absolute Gasteiger partial charge is 0.261 e. The van der Waals surface area contributed by atoms with Gasteiger partial charge in [0.05, 0.1) is 8.00 Å². The number of hydrogen-bond donors (Lipinski definition) is 2. The van der Waals surface area contributed by atoms with Crippen molar-refractivity contribution in [3.63, 3.8) is 0 Å². The summed E-state index contributed by atoms with van der Waals surface area (Å²) in [5, 5.41) is 3.57. The van der Waals surface area contributed by atoms with Gasteiger partial charge >= 0.3 is 0 Å². The second-order valence-corrected chi connectivity index (χ2v) is 8.62. The second kappa shape index (κ2) is 6.56. The molecule has 1 aromatic heterocycles. The summed E-state index contributed by atoms with van der Waals surface area (Å²) < 4.78 is 11.3. The minimum absolute atomic E-state index is 0.0856. The molecule has 0 spiro atoms. The summed E-state index contributed by atoms with van der Waals surface area (Å²) in [6.07, 6.45) is 0.926. The minimum atomic E-state index is 0.0856. The van der Waals surface area contributed by atoms with Crippen LogP contribution in [0.25, 0.3) is 0 Å². The Morgan fingerprint density at radius 1 is 1.43 bits per heavy atom. The Balaban J connectivity index is 1.74. The quantitative estimate of drug-likeness (QED) is 0.540. The molecule has 0 aliphatic carbocycles. The van der Waals surface area contributed by atoms with Crippen LogP contribution in [0.2, 0.25) is 0 Å². The summed E-state index contributed by atoms with van der Waals surface area (Å²) in [5.41, 5.74) is 3.31. The highest BCUT2D eigenvalue weighted by Crippen LogP contribution is 2.32. The topological polar surface area (TPSA) is 33.3 Å². The van der Waals surface area contributed by atoms with Gasteiger partial charge in [0.1, 0.15) is 6.10 Å². The van der Waals surface area contributed by atoms with Crippen LogP contribution in [0.15, 0.2) is 38.3 Å². The van der Waals surface area contributed by atoms with E-state index >= 15 is 0 Å². The molecule has 0 radical (unpaired) electrons. The van der Waals surface area contributed by atoms with Crippen molar-refractivity contribution in [2.24, 2.45) is 0 Å². The number of fused-ring (bicyclic) bond motifs is 1. The third-order valence-corrected chi connectivity index (χ3v) is 5.77.